The number of alkyl halides is 3. The molecule has 0 bridgehead atoms. The zero-order valence-corrected chi connectivity index (χ0v) is 8.28. The predicted octanol–water partition coefficient (Wildman–Crippen LogP) is 1.47. The number of rotatable bonds is 1. The molecule has 1 amide bonds. The fourth-order valence-corrected chi connectivity index (χ4v) is 0.387. The quantitative estimate of drug-likeness (QED) is 0.379. The molecule has 11 heavy (non-hydrogen) atoms. The summed E-state index contributed by atoms with van der Waals surface area (Å²) in [7, 11) is 3.41. The highest BCUT2D eigenvalue weighted by atomic mass is 35.6. The van der Waals surface area contributed by atoms with Crippen molar-refractivity contribution in [2.75, 3.05) is 14.1 Å². The van der Waals surface area contributed by atoms with E-state index in [2.05, 4.69) is 4.99 Å². The Morgan fingerprint density at radius 1 is 1.45 bits per heavy atom. The van der Waals surface area contributed by atoms with Crippen molar-refractivity contribution in [1.29, 1.82) is 0 Å². The lowest BCUT2D eigenvalue weighted by Gasteiger charge is -2.05. The molecular formula is C5H7Cl3N2O. The van der Waals surface area contributed by atoms with Gasteiger partial charge in [-0.25, -0.2) is 4.99 Å². The highest BCUT2D eigenvalue weighted by molar-refractivity contribution is 6.76. The number of carbonyl (C=O) groups excluding carboxylic acids is 1. The largest absolute Gasteiger partial charge is 0.369 e. The van der Waals surface area contributed by atoms with E-state index in [0.29, 0.717) is 0 Å². The Morgan fingerprint density at radius 3 is 2.18 bits per heavy atom. The second-order valence-electron chi connectivity index (χ2n) is 2.01. The summed E-state index contributed by atoms with van der Waals surface area (Å²) in [4.78, 5) is 15.7. The van der Waals surface area contributed by atoms with Crippen LogP contribution in [0.4, 0.5) is 0 Å². The third-order valence-electron chi connectivity index (χ3n) is 0.648. The second kappa shape index (κ2) is 4.14. The van der Waals surface area contributed by atoms with Crippen LogP contribution in [-0.4, -0.2) is 35.0 Å². The number of amides is 1. The van der Waals surface area contributed by atoms with Crippen LogP contribution in [0.3, 0.4) is 0 Å². The molecule has 0 aromatic rings. The van der Waals surface area contributed by atoms with Gasteiger partial charge >= 0.3 is 0 Å². The minimum atomic E-state index is -1.95. The Kier molecular flexibility index (Phi) is 4.14. The van der Waals surface area contributed by atoms with Crippen LogP contribution in [0.15, 0.2) is 4.99 Å². The van der Waals surface area contributed by atoms with E-state index in [1.807, 2.05) is 0 Å². The van der Waals surface area contributed by atoms with Gasteiger partial charge in [-0.3, -0.25) is 4.79 Å². The summed E-state index contributed by atoms with van der Waals surface area (Å²) in [6, 6.07) is 0. The summed E-state index contributed by atoms with van der Waals surface area (Å²) in [6.07, 6.45) is 1.27. The topological polar surface area (TPSA) is 32.7 Å². The van der Waals surface area contributed by atoms with E-state index in [0.717, 1.165) is 0 Å². The first-order valence-electron chi connectivity index (χ1n) is 2.66. The van der Waals surface area contributed by atoms with E-state index < -0.39 is 9.70 Å². The molecule has 0 aliphatic carbocycles. The number of carbonyl (C=O) groups is 1. The minimum Gasteiger partial charge on any atom is -0.369 e. The van der Waals surface area contributed by atoms with Crippen LogP contribution in [0, 0.1) is 0 Å². The Hall–Kier alpha value is 0.01000. The first-order valence-corrected chi connectivity index (χ1v) is 3.79. The summed E-state index contributed by atoms with van der Waals surface area (Å²) in [5.74, 6) is -0.795. The molecule has 0 N–H and O–H groups in total. The van der Waals surface area contributed by atoms with Crippen LogP contribution in [-0.2, 0) is 4.79 Å². The first-order chi connectivity index (χ1) is 4.84. The predicted molar refractivity (Wildman–Crippen MR) is 47.5 cm³/mol. The Bertz CT molecular complexity index is 173. The number of aliphatic imine (C=N–C) groups is 1. The molecule has 0 aliphatic heterocycles. The molecule has 6 heteroatoms. The molecule has 0 aliphatic rings. The third-order valence-corrected chi connectivity index (χ3v) is 1.13. The lowest BCUT2D eigenvalue weighted by molar-refractivity contribution is -0.116. The molecule has 64 valence electrons. The lowest BCUT2D eigenvalue weighted by atomic mass is 10.7. The average molecular weight is 217 g/mol. The minimum absolute atomic E-state index is 0.795. The van der Waals surface area contributed by atoms with Gasteiger partial charge in [0.15, 0.2) is 0 Å². The molecule has 0 heterocycles. The van der Waals surface area contributed by atoms with Crippen molar-refractivity contribution in [3.8, 4) is 0 Å². The standard InChI is InChI=1S/C5H7Cl3N2O/c1-10(2)3-9-4(11)5(6,7)8/h3H,1-2H3. The highest BCUT2D eigenvalue weighted by Crippen LogP contribution is 2.27. The van der Waals surface area contributed by atoms with Crippen LogP contribution in [0.1, 0.15) is 0 Å². The maximum atomic E-state index is 10.7. The number of hydrogen-bond acceptors (Lipinski definition) is 1. The van der Waals surface area contributed by atoms with E-state index in [1.54, 1.807) is 19.0 Å². The molecule has 0 aromatic heterocycles. The van der Waals surface area contributed by atoms with Gasteiger partial charge in [0.05, 0.1) is 6.34 Å². The van der Waals surface area contributed by atoms with Crippen LogP contribution in [0.5, 0.6) is 0 Å². The highest BCUT2D eigenvalue weighted by Gasteiger charge is 2.29. The van der Waals surface area contributed by atoms with Crippen LogP contribution in [0.25, 0.3) is 0 Å². The van der Waals surface area contributed by atoms with Crippen molar-refractivity contribution in [2.24, 2.45) is 4.99 Å². The maximum Gasteiger partial charge on any atom is 0.299 e. The van der Waals surface area contributed by atoms with E-state index >= 15 is 0 Å². The van der Waals surface area contributed by atoms with Crippen molar-refractivity contribution in [2.45, 2.75) is 3.79 Å². The number of halogens is 3. The summed E-state index contributed by atoms with van der Waals surface area (Å²) < 4.78 is -1.95. The first kappa shape index (κ1) is 11.0. The van der Waals surface area contributed by atoms with Crippen molar-refractivity contribution in [3.63, 3.8) is 0 Å². The van der Waals surface area contributed by atoms with Crippen molar-refractivity contribution < 1.29 is 4.79 Å². The van der Waals surface area contributed by atoms with Gasteiger partial charge in [0.1, 0.15) is 0 Å². The van der Waals surface area contributed by atoms with Gasteiger partial charge in [-0.05, 0) is 0 Å². The summed E-state index contributed by atoms with van der Waals surface area (Å²) in [5, 5.41) is 0. The molecule has 0 rings (SSSR count). The fourth-order valence-electron chi connectivity index (χ4n) is 0.241. The van der Waals surface area contributed by atoms with E-state index in [1.165, 1.54) is 6.34 Å². The summed E-state index contributed by atoms with van der Waals surface area (Å²) in [6.45, 7) is 0. The molecule has 0 radical (unpaired) electrons. The van der Waals surface area contributed by atoms with Gasteiger partial charge in [0.25, 0.3) is 9.70 Å². The van der Waals surface area contributed by atoms with E-state index in [9.17, 15) is 4.79 Å². The van der Waals surface area contributed by atoms with E-state index in [-0.39, 0.29) is 0 Å². The Morgan fingerprint density at radius 2 is 1.91 bits per heavy atom. The normalized spacial score (nSPS) is 12.1. The van der Waals surface area contributed by atoms with Crippen molar-refractivity contribution in [3.05, 3.63) is 0 Å². The van der Waals surface area contributed by atoms with Crippen molar-refractivity contribution >= 4 is 47.0 Å². The maximum absolute atomic E-state index is 10.7. The van der Waals surface area contributed by atoms with Gasteiger partial charge in [0, 0.05) is 14.1 Å². The van der Waals surface area contributed by atoms with Crippen LogP contribution in [0.2, 0.25) is 0 Å². The number of hydrogen-bond donors (Lipinski definition) is 0. The smallest absolute Gasteiger partial charge is 0.299 e. The van der Waals surface area contributed by atoms with Crippen LogP contribution >= 0.6 is 34.8 Å². The molecule has 3 nitrogen and oxygen atoms in total. The van der Waals surface area contributed by atoms with Gasteiger partial charge in [0.2, 0.25) is 0 Å². The molecule has 0 saturated carbocycles. The molecule has 0 saturated heterocycles. The Labute approximate surface area is 79.9 Å². The van der Waals surface area contributed by atoms with Crippen molar-refractivity contribution in [1.82, 2.24) is 4.90 Å². The molecular weight excluding hydrogens is 210 g/mol. The summed E-state index contributed by atoms with van der Waals surface area (Å²) in [5.41, 5.74) is 0. The molecule has 0 fully saturated rings. The summed E-state index contributed by atoms with van der Waals surface area (Å²) >= 11 is 15.6. The number of nitrogens with zero attached hydrogens (tertiary/aromatic N) is 2. The second-order valence-corrected chi connectivity index (χ2v) is 4.29. The zero-order chi connectivity index (χ0) is 9.07. The molecule has 0 atom stereocenters. The van der Waals surface area contributed by atoms with Gasteiger partial charge in [-0.1, -0.05) is 34.8 Å². The lowest BCUT2D eigenvalue weighted by Crippen LogP contribution is -2.18. The third kappa shape index (κ3) is 5.30. The fraction of sp³-hybridized carbons (Fsp3) is 0.600. The monoisotopic (exact) mass is 216 g/mol. The van der Waals surface area contributed by atoms with E-state index in [4.69, 9.17) is 34.8 Å². The van der Waals surface area contributed by atoms with Gasteiger partial charge < -0.3 is 4.90 Å². The molecule has 0 aromatic carbocycles. The SMILES string of the molecule is CN(C)C=NC(=O)C(Cl)(Cl)Cl. The zero-order valence-electron chi connectivity index (χ0n) is 6.01. The van der Waals surface area contributed by atoms with Crippen LogP contribution < -0.4 is 0 Å². The molecule has 0 unspecified atom stereocenters. The average Bonchev–Trinajstić information content (AvgIpc) is 1.80. The van der Waals surface area contributed by atoms with Gasteiger partial charge in [-0.2, -0.15) is 0 Å². The molecule has 0 spiro atoms. The van der Waals surface area contributed by atoms with Gasteiger partial charge in [-0.15, -0.1) is 0 Å². The Balaban J connectivity index is 4.09.